The predicted molar refractivity (Wildman–Crippen MR) is 99.8 cm³/mol. The minimum atomic E-state index is -3.47. The Morgan fingerprint density at radius 2 is 2.20 bits per heavy atom. The fourth-order valence-electron chi connectivity index (χ4n) is 2.90. The van der Waals surface area contributed by atoms with E-state index in [2.05, 4.69) is 10.3 Å². The highest BCUT2D eigenvalue weighted by Crippen LogP contribution is 2.25. The molecule has 1 fully saturated rings. The number of carbonyl (C=O) groups excluding carboxylic acids is 1. The number of rotatable bonds is 5. The summed E-state index contributed by atoms with van der Waals surface area (Å²) >= 11 is 2.54. The topological polar surface area (TPSA) is 79.4 Å². The van der Waals surface area contributed by atoms with E-state index in [1.807, 2.05) is 13.8 Å². The molecule has 1 N–H and O–H groups in total. The first kappa shape index (κ1) is 18.5. The number of piperidine rings is 1. The molecule has 0 unspecified atom stereocenters. The van der Waals surface area contributed by atoms with Crippen LogP contribution >= 0.6 is 22.7 Å². The molecule has 1 aliphatic rings. The van der Waals surface area contributed by atoms with E-state index in [0.717, 1.165) is 18.5 Å². The molecule has 25 heavy (non-hydrogen) atoms. The van der Waals surface area contributed by atoms with Crippen LogP contribution in [0.2, 0.25) is 0 Å². The number of hydrogen-bond donors (Lipinski definition) is 1. The number of amides is 1. The monoisotopic (exact) mass is 399 g/mol. The first-order chi connectivity index (χ1) is 11.9. The Hall–Kier alpha value is -1.29. The van der Waals surface area contributed by atoms with Gasteiger partial charge >= 0.3 is 0 Å². The molecule has 9 heteroatoms. The zero-order chi connectivity index (χ0) is 18.0. The summed E-state index contributed by atoms with van der Waals surface area (Å²) in [5, 5.41) is 4.75. The molecule has 3 rings (SSSR count). The van der Waals surface area contributed by atoms with Gasteiger partial charge in [-0.2, -0.15) is 4.31 Å². The summed E-state index contributed by atoms with van der Waals surface area (Å²) in [6.07, 6.45) is 1.51. The second-order valence-corrected chi connectivity index (χ2v) is 10.3. The van der Waals surface area contributed by atoms with Crippen LogP contribution in [0.5, 0.6) is 0 Å². The largest absolute Gasteiger partial charge is 0.347 e. The maximum Gasteiger partial charge on any atom is 0.263 e. The van der Waals surface area contributed by atoms with Gasteiger partial charge in [-0.15, -0.1) is 22.7 Å². The number of thiazole rings is 1. The Bertz CT molecular complexity index is 828. The van der Waals surface area contributed by atoms with Gasteiger partial charge in [0, 0.05) is 19.1 Å². The Morgan fingerprint density at radius 3 is 2.88 bits per heavy atom. The molecule has 1 atom stereocenters. The highest BCUT2D eigenvalue weighted by atomic mass is 32.2. The van der Waals surface area contributed by atoms with Crippen molar-refractivity contribution >= 4 is 38.6 Å². The molecule has 0 aliphatic carbocycles. The number of hydrogen-bond acceptors (Lipinski definition) is 6. The summed E-state index contributed by atoms with van der Waals surface area (Å²) in [5.74, 6) is 0.0145. The van der Waals surface area contributed by atoms with Crippen LogP contribution in [0.15, 0.2) is 27.2 Å². The van der Waals surface area contributed by atoms with E-state index in [4.69, 9.17) is 0 Å². The zero-order valence-corrected chi connectivity index (χ0v) is 16.6. The maximum atomic E-state index is 12.7. The molecule has 0 aromatic carbocycles. The molecule has 136 valence electrons. The van der Waals surface area contributed by atoms with Crippen molar-refractivity contribution in [2.75, 3.05) is 13.1 Å². The van der Waals surface area contributed by atoms with Gasteiger partial charge in [0.2, 0.25) is 0 Å². The fraction of sp³-hybridized carbons (Fsp3) is 0.500. The molecule has 1 saturated heterocycles. The second-order valence-electron chi connectivity index (χ2n) is 6.33. The van der Waals surface area contributed by atoms with Crippen molar-refractivity contribution in [3.05, 3.63) is 33.6 Å². The Balaban J connectivity index is 1.70. The van der Waals surface area contributed by atoms with Crippen LogP contribution in [0, 0.1) is 0 Å². The van der Waals surface area contributed by atoms with Crippen molar-refractivity contribution < 1.29 is 13.2 Å². The SMILES string of the molecule is CC(C)c1ncsc1C(=O)N[C@@H]1CCCN(S(=O)(=O)c2cccs2)C1. The van der Waals surface area contributed by atoms with Crippen LogP contribution in [0.3, 0.4) is 0 Å². The van der Waals surface area contributed by atoms with E-state index in [-0.39, 0.29) is 17.9 Å². The molecule has 3 heterocycles. The lowest BCUT2D eigenvalue weighted by Gasteiger charge is -2.32. The van der Waals surface area contributed by atoms with E-state index in [0.29, 0.717) is 22.2 Å². The van der Waals surface area contributed by atoms with Crippen LogP contribution in [0.4, 0.5) is 0 Å². The lowest BCUT2D eigenvalue weighted by atomic mass is 10.1. The summed E-state index contributed by atoms with van der Waals surface area (Å²) in [6, 6.07) is 3.17. The van der Waals surface area contributed by atoms with Crippen LogP contribution in [0.1, 0.15) is 48.0 Å². The molecule has 0 radical (unpaired) electrons. The highest BCUT2D eigenvalue weighted by molar-refractivity contribution is 7.91. The van der Waals surface area contributed by atoms with Crippen molar-refractivity contribution in [2.45, 2.75) is 42.9 Å². The third kappa shape index (κ3) is 3.94. The second kappa shape index (κ2) is 7.53. The first-order valence-corrected chi connectivity index (χ1v) is 11.4. The third-order valence-electron chi connectivity index (χ3n) is 4.16. The van der Waals surface area contributed by atoms with E-state index >= 15 is 0 Å². The van der Waals surface area contributed by atoms with Gasteiger partial charge in [-0.3, -0.25) is 4.79 Å². The summed E-state index contributed by atoms with van der Waals surface area (Å²) in [5.41, 5.74) is 2.47. The molecule has 2 aromatic heterocycles. The number of nitrogens with zero attached hydrogens (tertiary/aromatic N) is 2. The number of nitrogens with one attached hydrogen (secondary N) is 1. The van der Waals surface area contributed by atoms with Gasteiger partial charge in [-0.05, 0) is 30.2 Å². The molecule has 0 spiro atoms. The number of carbonyl (C=O) groups is 1. The van der Waals surface area contributed by atoms with Gasteiger partial charge in [0.05, 0.1) is 11.2 Å². The Kier molecular flexibility index (Phi) is 5.57. The zero-order valence-electron chi connectivity index (χ0n) is 14.1. The quantitative estimate of drug-likeness (QED) is 0.838. The molecular formula is C16H21N3O3S3. The lowest BCUT2D eigenvalue weighted by Crippen LogP contribution is -2.49. The summed E-state index contributed by atoms with van der Waals surface area (Å²) in [7, 11) is -3.47. The molecule has 6 nitrogen and oxygen atoms in total. The summed E-state index contributed by atoms with van der Waals surface area (Å²) in [4.78, 5) is 17.5. The number of sulfonamides is 1. The van der Waals surface area contributed by atoms with Crippen molar-refractivity contribution in [1.82, 2.24) is 14.6 Å². The Morgan fingerprint density at radius 1 is 1.40 bits per heavy atom. The number of thiophene rings is 1. The third-order valence-corrected chi connectivity index (χ3v) is 8.24. The number of aromatic nitrogens is 1. The Labute approximate surface area is 155 Å². The van der Waals surface area contributed by atoms with E-state index in [1.165, 1.54) is 27.0 Å². The molecule has 1 aliphatic heterocycles. The molecule has 0 saturated carbocycles. The maximum absolute atomic E-state index is 12.7. The molecule has 1 amide bonds. The minimum absolute atomic E-state index is 0.161. The molecule has 0 bridgehead atoms. The van der Waals surface area contributed by atoms with Crippen molar-refractivity contribution in [2.24, 2.45) is 0 Å². The van der Waals surface area contributed by atoms with Crippen LogP contribution < -0.4 is 5.32 Å². The van der Waals surface area contributed by atoms with E-state index < -0.39 is 10.0 Å². The predicted octanol–water partition coefficient (Wildman–Crippen LogP) is 2.91. The van der Waals surface area contributed by atoms with Gasteiger partial charge in [0.25, 0.3) is 15.9 Å². The highest BCUT2D eigenvalue weighted by Gasteiger charge is 2.32. The van der Waals surface area contributed by atoms with Gasteiger partial charge in [0.1, 0.15) is 9.09 Å². The first-order valence-electron chi connectivity index (χ1n) is 8.17. The van der Waals surface area contributed by atoms with E-state index in [1.54, 1.807) is 23.0 Å². The van der Waals surface area contributed by atoms with Crippen molar-refractivity contribution in [1.29, 1.82) is 0 Å². The van der Waals surface area contributed by atoms with Crippen LogP contribution in [-0.2, 0) is 10.0 Å². The average Bonchev–Trinajstić information content (AvgIpc) is 3.27. The molecule has 2 aromatic rings. The van der Waals surface area contributed by atoms with Crippen molar-refractivity contribution in [3.8, 4) is 0 Å². The lowest BCUT2D eigenvalue weighted by molar-refractivity contribution is 0.0924. The van der Waals surface area contributed by atoms with Crippen LogP contribution in [0.25, 0.3) is 0 Å². The average molecular weight is 400 g/mol. The normalized spacial score (nSPS) is 19.2. The van der Waals surface area contributed by atoms with E-state index in [9.17, 15) is 13.2 Å². The van der Waals surface area contributed by atoms with Crippen molar-refractivity contribution in [3.63, 3.8) is 0 Å². The summed E-state index contributed by atoms with van der Waals surface area (Å²) in [6.45, 7) is 4.80. The standard InChI is InChI=1S/C16H21N3O3S3/c1-11(2)14-15(24-10-17-14)16(20)18-12-5-3-7-19(9-12)25(21,22)13-6-4-8-23-13/h4,6,8,10-12H,3,5,7,9H2,1-2H3,(H,18,20)/t12-/m1/s1. The minimum Gasteiger partial charge on any atom is -0.347 e. The smallest absolute Gasteiger partial charge is 0.263 e. The molecular weight excluding hydrogens is 378 g/mol. The van der Waals surface area contributed by atoms with Crippen LogP contribution in [-0.4, -0.2) is 42.7 Å². The summed E-state index contributed by atoms with van der Waals surface area (Å²) < 4.78 is 27.2. The van der Waals surface area contributed by atoms with Gasteiger partial charge in [-0.25, -0.2) is 13.4 Å². The fourth-order valence-corrected chi connectivity index (χ4v) is 6.42. The van der Waals surface area contributed by atoms with Gasteiger partial charge in [0.15, 0.2) is 0 Å². The van der Waals surface area contributed by atoms with Gasteiger partial charge < -0.3 is 5.32 Å². The van der Waals surface area contributed by atoms with Gasteiger partial charge in [-0.1, -0.05) is 19.9 Å².